The van der Waals surface area contributed by atoms with E-state index in [9.17, 15) is 0 Å². The van der Waals surface area contributed by atoms with Gasteiger partial charge in [-0.25, -0.2) is 0 Å². The van der Waals surface area contributed by atoms with Gasteiger partial charge in [0.25, 0.3) is 0 Å². The molecule has 0 heterocycles. The average molecular weight is 433 g/mol. The summed E-state index contributed by atoms with van der Waals surface area (Å²) in [5, 5.41) is 3.11. The van der Waals surface area contributed by atoms with Crippen LogP contribution in [0, 0.1) is 11.8 Å². The summed E-state index contributed by atoms with van der Waals surface area (Å²) in [6.45, 7) is 3.10. The fraction of sp³-hybridized carbons (Fsp3) is 0.588. The van der Waals surface area contributed by atoms with Crippen molar-refractivity contribution in [3.05, 3.63) is 18.2 Å². The Morgan fingerprint density at radius 1 is 1.26 bits per heavy atom. The number of hydrogen-bond donors (Lipinski definition) is 2. The Bertz CT molecular complexity index is 523. The quantitative estimate of drug-likeness (QED) is 0.420. The van der Waals surface area contributed by atoms with Crippen LogP contribution in [-0.2, 0) is 0 Å². The molecule has 6 heteroatoms. The Kier molecular flexibility index (Phi) is 8.51. The molecule has 2 unspecified atom stereocenters. The number of anilines is 1. The fourth-order valence-electron chi connectivity index (χ4n) is 2.97. The second kappa shape index (κ2) is 9.85. The molecule has 0 radical (unpaired) electrons. The van der Waals surface area contributed by atoms with Crippen molar-refractivity contribution in [1.82, 2.24) is 0 Å². The second-order valence-electron chi connectivity index (χ2n) is 5.94. The summed E-state index contributed by atoms with van der Waals surface area (Å²) >= 11 is 0. The summed E-state index contributed by atoms with van der Waals surface area (Å²) in [7, 11) is 3.26. The first-order chi connectivity index (χ1) is 10.6. The van der Waals surface area contributed by atoms with Gasteiger partial charge < -0.3 is 20.5 Å². The van der Waals surface area contributed by atoms with Crippen molar-refractivity contribution in [1.29, 1.82) is 0 Å². The fourth-order valence-corrected chi connectivity index (χ4v) is 2.97. The highest BCUT2D eigenvalue weighted by atomic mass is 127. The summed E-state index contributed by atoms with van der Waals surface area (Å²) in [5.41, 5.74) is 6.79. The first kappa shape index (κ1) is 19.9. The van der Waals surface area contributed by atoms with Gasteiger partial charge in [0.15, 0.2) is 5.96 Å². The van der Waals surface area contributed by atoms with Crippen molar-refractivity contribution in [3.63, 3.8) is 0 Å². The summed E-state index contributed by atoms with van der Waals surface area (Å²) in [4.78, 5) is 4.51. The van der Waals surface area contributed by atoms with Crippen molar-refractivity contribution in [2.45, 2.75) is 32.6 Å². The first-order valence-corrected chi connectivity index (χ1v) is 7.93. The molecule has 2 atom stereocenters. The van der Waals surface area contributed by atoms with E-state index in [0.29, 0.717) is 17.6 Å². The molecule has 0 aromatic heterocycles. The smallest absolute Gasteiger partial charge is 0.193 e. The molecule has 1 aromatic carbocycles. The van der Waals surface area contributed by atoms with Gasteiger partial charge in [0.2, 0.25) is 0 Å². The zero-order valence-electron chi connectivity index (χ0n) is 14.2. The lowest BCUT2D eigenvalue weighted by molar-refractivity contribution is 0.264. The summed E-state index contributed by atoms with van der Waals surface area (Å²) in [6, 6.07) is 5.54. The van der Waals surface area contributed by atoms with E-state index in [0.717, 1.165) is 23.9 Å². The molecule has 0 spiro atoms. The van der Waals surface area contributed by atoms with Gasteiger partial charge in [-0.3, -0.25) is 4.99 Å². The van der Waals surface area contributed by atoms with Gasteiger partial charge in [-0.1, -0.05) is 26.2 Å². The average Bonchev–Trinajstić information content (AvgIpc) is 2.54. The second-order valence-corrected chi connectivity index (χ2v) is 5.94. The summed E-state index contributed by atoms with van der Waals surface area (Å²) < 4.78 is 10.6. The van der Waals surface area contributed by atoms with Crippen LogP contribution in [0.15, 0.2) is 23.2 Å². The zero-order valence-corrected chi connectivity index (χ0v) is 16.5. The molecule has 0 amide bonds. The molecule has 1 aliphatic carbocycles. The number of halogens is 1. The summed E-state index contributed by atoms with van der Waals surface area (Å²) in [6.07, 6.45) is 5.20. The molecule has 1 aromatic rings. The summed E-state index contributed by atoms with van der Waals surface area (Å²) in [5.74, 6) is 3.25. The molecule has 1 fully saturated rings. The van der Waals surface area contributed by atoms with Crippen LogP contribution in [0.4, 0.5) is 5.69 Å². The minimum absolute atomic E-state index is 0. The minimum Gasteiger partial charge on any atom is -0.497 e. The SMILES string of the molecule is COc1ccc(OC)c(NC(N)=NCC2CCCCC2C)c1.I. The Hall–Kier alpha value is -1.18. The van der Waals surface area contributed by atoms with E-state index < -0.39 is 0 Å². The van der Waals surface area contributed by atoms with Gasteiger partial charge in [0.05, 0.1) is 19.9 Å². The predicted octanol–water partition coefficient (Wildman–Crippen LogP) is 3.87. The highest BCUT2D eigenvalue weighted by Crippen LogP contribution is 2.30. The maximum Gasteiger partial charge on any atom is 0.193 e. The number of guanidine groups is 1. The maximum absolute atomic E-state index is 6.03. The lowest BCUT2D eigenvalue weighted by Crippen LogP contribution is -2.26. The van der Waals surface area contributed by atoms with Gasteiger partial charge >= 0.3 is 0 Å². The van der Waals surface area contributed by atoms with Crippen molar-refractivity contribution < 1.29 is 9.47 Å². The number of hydrogen-bond acceptors (Lipinski definition) is 3. The third-order valence-corrected chi connectivity index (χ3v) is 4.45. The van der Waals surface area contributed by atoms with Gasteiger partial charge in [0, 0.05) is 12.6 Å². The molecule has 3 N–H and O–H groups in total. The van der Waals surface area contributed by atoms with E-state index in [1.165, 1.54) is 25.7 Å². The third-order valence-electron chi connectivity index (χ3n) is 4.45. The molecule has 1 saturated carbocycles. The molecule has 0 saturated heterocycles. The van der Waals surface area contributed by atoms with Crippen LogP contribution in [-0.4, -0.2) is 26.7 Å². The molecular weight excluding hydrogens is 405 g/mol. The largest absolute Gasteiger partial charge is 0.497 e. The molecule has 130 valence electrons. The van der Waals surface area contributed by atoms with Crippen molar-refractivity contribution >= 4 is 35.6 Å². The van der Waals surface area contributed by atoms with Crippen LogP contribution in [0.2, 0.25) is 0 Å². The van der Waals surface area contributed by atoms with E-state index in [4.69, 9.17) is 15.2 Å². The third kappa shape index (κ3) is 5.75. The monoisotopic (exact) mass is 433 g/mol. The van der Waals surface area contributed by atoms with E-state index in [1.807, 2.05) is 18.2 Å². The number of ether oxygens (including phenoxy) is 2. The van der Waals surface area contributed by atoms with E-state index in [1.54, 1.807) is 14.2 Å². The standard InChI is InChI=1S/C17H27N3O2.HI/c1-12-6-4-5-7-13(12)11-19-17(18)20-15-10-14(21-2)8-9-16(15)22-3;/h8-10,12-13H,4-7,11H2,1-3H3,(H3,18,19,20);1H. The van der Waals surface area contributed by atoms with Gasteiger partial charge in [-0.05, 0) is 30.4 Å². The Morgan fingerprint density at radius 3 is 2.65 bits per heavy atom. The molecule has 23 heavy (non-hydrogen) atoms. The van der Waals surface area contributed by atoms with Crippen molar-refractivity contribution in [2.24, 2.45) is 22.6 Å². The topological polar surface area (TPSA) is 68.9 Å². The lowest BCUT2D eigenvalue weighted by atomic mass is 9.80. The number of methoxy groups -OCH3 is 2. The number of nitrogens with two attached hydrogens (primary N) is 1. The predicted molar refractivity (Wildman–Crippen MR) is 106 cm³/mol. The van der Waals surface area contributed by atoms with Crippen LogP contribution in [0.3, 0.4) is 0 Å². The van der Waals surface area contributed by atoms with Gasteiger partial charge in [0.1, 0.15) is 11.5 Å². The molecule has 5 nitrogen and oxygen atoms in total. The van der Waals surface area contributed by atoms with E-state index in [2.05, 4.69) is 17.2 Å². The molecule has 2 rings (SSSR count). The Balaban J connectivity index is 0.00000264. The van der Waals surface area contributed by atoms with Crippen LogP contribution >= 0.6 is 24.0 Å². The van der Waals surface area contributed by atoms with Gasteiger partial charge in [-0.2, -0.15) is 0 Å². The Morgan fingerprint density at radius 2 is 2.00 bits per heavy atom. The highest BCUT2D eigenvalue weighted by molar-refractivity contribution is 14.0. The molecule has 0 bridgehead atoms. The van der Waals surface area contributed by atoms with Crippen molar-refractivity contribution in [3.8, 4) is 11.5 Å². The highest BCUT2D eigenvalue weighted by Gasteiger charge is 2.20. The minimum atomic E-state index is 0. The van der Waals surface area contributed by atoms with Crippen LogP contribution in [0.5, 0.6) is 11.5 Å². The normalized spacial score (nSPS) is 21.3. The van der Waals surface area contributed by atoms with Crippen LogP contribution in [0.1, 0.15) is 32.6 Å². The first-order valence-electron chi connectivity index (χ1n) is 7.93. The van der Waals surface area contributed by atoms with E-state index >= 15 is 0 Å². The van der Waals surface area contributed by atoms with Gasteiger partial charge in [-0.15, -0.1) is 24.0 Å². The maximum atomic E-state index is 6.03. The Labute approximate surface area is 156 Å². The number of nitrogens with zero attached hydrogens (tertiary/aromatic N) is 1. The van der Waals surface area contributed by atoms with Crippen LogP contribution in [0.25, 0.3) is 0 Å². The molecular formula is C17H28IN3O2. The molecule has 1 aliphatic rings. The number of benzene rings is 1. The number of aliphatic imine (C=N–C) groups is 1. The number of rotatable bonds is 5. The lowest BCUT2D eigenvalue weighted by Gasteiger charge is -2.27. The van der Waals surface area contributed by atoms with Crippen LogP contribution < -0.4 is 20.5 Å². The van der Waals surface area contributed by atoms with E-state index in [-0.39, 0.29) is 24.0 Å². The van der Waals surface area contributed by atoms with Crippen molar-refractivity contribution in [2.75, 3.05) is 26.1 Å². The zero-order chi connectivity index (χ0) is 15.9. The molecule has 0 aliphatic heterocycles. The number of nitrogens with one attached hydrogen (secondary N) is 1.